The SMILES string of the molecule is O=C(c1nc(-c2nncn2-c2cccc(F)c2F)c[nH]1)N1CCCC1. The Morgan fingerprint density at radius 1 is 1.20 bits per heavy atom. The third-order valence-electron chi connectivity index (χ3n) is 4.14. The summed E-state index contributed by atoms with van der Waals surface area (Å²) in [5.41, 5.74) is 0.291. The number of hydrogen-bond acceptors (Lipinski definition) is 4. The number of aromatic nitrogens is 5. The highest BCUT2D eigenvalue weighted by Crippen LogP contribution is 2.23. The summed E-state index contributed by atoms with van der Waals surface area (Å²) in [4.78, 5) is 21.2. The summed E-state index contributed by atoms with van der Waals surface area (Å²) in [7, 11) is 0. The molecule has 1 aromatic carbocycles. The first-order valence-electron chi connectivity index (χ1n) is 7.84. The number of hydrogen-bond donors (Lipinski definition) is 1. The number of rotatable bonds is 3. The van der Waals surface area contributed by atoms with Crippen LogP contribution < -0.4 is 0 Å². The van der Waals surface area contributed by atoms with Crippen molar-refractivity contribution in [3.8, 4) is 17.2 Å². The van der Waals surface area contributed by atoms with Crippen molar-refractivity contribution in [1.29, 1.82) is 0 Å². The van der Waals surface area contributed by atoms with E-state index in [-0.39, 0.29) is 23.2 Å². The molecule has 128 valence electrons. The molecule has 1 N–H and O–H groups in total. The van der Waals surface area contributed by atoms with E-state index in [0.717, 1.165) is 18.9 Å². The molecule has 1 amide bonds. The molecular weight excluding hydrogens is 330 g/mol. The zero-order chi connectivity index (χ0) is 17.4. The number of imidazole rings is 1. The van der Waals surface area contributed by atoms with E-state index in [1.165, 1.54) is 29.2 Å². The molecule has 25 heavy (non-hydrogen) atoms. The van der Waals surface area contributed by atoms with E-state index < -0.39 is 11.6 Å². The van der Waals surface area contributed by atoms with Gasteiger partial charge in [-0.2, -0.15) is 0 Å². The minimum atomic E-state index is -1.01. The molecule has 3 aromatic rings. The second kappa shape index (κ2) is 6.08. The van der Waals surface area contributed by atoms with Crippen molar-refractivity contribution >= 4 is 5.91 Å². The molecule has 0 bridgehead atoms. The van der Waals surface area contributed by atoms with E-state index >= 15 is 0 Å². The van der Waals surface area contributed by atoms with Crippen LogP contribution in [0, 0.1) is 11.6 Å². The van der Waals surface area contributed by atoms with Gasteiger partial charge in [0.25, 0.3) is 5.91 Å². The van der Waals surface area contributed by atoms with Crippen molar-refractivity contribution in [2.45, 2.75) is 12.8 Å². The second-order valence-electron chi connectivity index (χ2n) is 5.73. The van der Waals surface area contributed by atoms with Gasteiger partial charge in [0, 0.05) is 19.3 Å². The number of carbonyl (C=O) groups is 1. The summed E-state index contributed by atoms with van der Waals surface area (Å²) in [6, 6.07) is 3.84. The maximum atomic E-state index is 14.1. The Balaban J connectivity index is 1.69. The number of amides is 1. The molecule has 1 saturated heterocycles. The van der Waals surface area contributed by atoms with E-state index in [2.05, 4.69) is 20.2 Å². The van der Waals surface area contributed by atoms with Crippen molar-refractivity contribution < 1.29 is 13.6 Å². The van der Waals surface area contributed by atoms with E-state index in [4.69, 9.17) is 0 Å². The lowest BCUT2D eigenvalue weighted by molar-refractivity contribution is 0.0782. The Bertz CT molecular complexity index is 928. The van der Waals surface area contributed by atoms with Crippen molar-refractivity contribution in [2.24, 2.45) is 0 Å². The fourth-order valence-corrected chi connectivity index (χ4v) is 2.88. The molecule has 9 heteroatoms. The largest absolute Gasteiger partial charge is 0.340 e. The highest BCUT2D eigenvalue weighted by molar-refractivity contribution is 5.91. The van der Waals surface area contributed by atoms with Gasteiger partial charge < -0.3 is 9.88 Å². The fraction of sp³-hybridized carbons (Fsp3) is 0.250. The van der Waals surface area contributed by atoms with Crippen LogP contribution in [0.25, 0.3) is 17.2 Å². The van der Waals surface area contributed by atoms with Crippen molar-refractivity contribution in [2.75, 3.05) is 13.1 Å². The normalized spacial score (nSPS) is 14.2. The van der Waals surface area contributed by atoms with Gasteiger partial charge in [-0.25, -0.2) is 13.8 Å². The summed E-state index contributed by atoms with van der Waals surface area (Å²) in [6.07, 6.45) is 4.73. The van der Waals surface area contributed by atoms with Crippen LogP contribution >= 0.6 is 0 Å². The molecular formula is C16H14F2N6O. The van der Waals surface area contributed by atoms with Crippen LogP contribution in [0.15, 0.2) is 30.7 Å². The summed E-state index contributed by atoms with van der Waals surface area (Å²) < 4.78 is 28.8. The molecule has 0 spiro atoms. The Morgan fingerprint density at radius 2 is 2.00 bits per heavy atom. The first-order valence-corrected chi connectivity index (χ1v) is 7.84. The van der Waals surface area contributed by atoms with Gasteiger partial charge in [-0.1, -0.05) is 6.07 Å². The van der Waals surface area contributed by atoms with Gasteiger partial charge in [0.1, 0.15) is 12.0 Å². The van der Waals surface area contributed by atoms with Crippen LogP contribution in [-0.2, 0) is 0 Å². The molecule has 0 aliphatic carbocycles. The van der Waals surface area contributed by atoms with Gasteiger partial charge in [0.2, 0.25) is 0 Å². The minimum Gasteiger partial charge on any atom is -0.340 e. The number of likely N-dealkylation sites (tertiary alicyclic amines) is 1. The fourth-order valence-electron chi connectivity index (χ4n) is 2.88. The van der Waals surface area contributed by atoms with Crippen molar-refractivity contribution in [3.05, 3.63) is 48.2 Å². The quantitative estimate of drug-likeness (QED) is 0.790. The van der Waals surface area contributed by atoms with Gasteiger partial charge in [0.05, 0.1) is 5.69 Å². The summed E-state index contributed by atoms with van der Waals surface area (Å²) >= 11 is 0. The number of carbonyl (C=O) groups excluding carboxylic acids is 1. The predicted molar refractivity (Wildman–Crippen MR) is 84.0 cm³/mol. The highest BCUT2D eigenvalue weighted by atomic mass is 19.2. The van der Waals surface area contributed by atoms with Gasteiger partial charge >= 0.3 is 0 Å². The topological polar surface area (TPSA) is 79.7 Å². The Labute approximate surface area is 141 Å². The van der Waals surface area contributed by atoms with Crippen LogP contribution in [0.3, 0.4) is 0 Å². The summed E-state index contributed by atoms with van der Waals surface area (Å²) in [5.74, 6) is -1.77. The molecule has 1 fully saturated rings. The lowest BCUT2D eigenvalue weighted by atomic mass is 10.3. The van der Waals surface area contributed by atoms with Crippen LogP contribution in [0.4, 0.5) is 8.78 Å². The number of nitrogens with zero attached hydrogens (tertiary/aromatic N) is 5. The third-order valence-corrected chi connectivity index (χ3v) is 4.14. The Hall–Kier alpha value is -3.10. The average Bonchev–Trinajstić information content (AvgIpc) is 3.37. The van der Waals surface area contributed by atoms with E-state index in [0.29, 0.717) is 18.8 Å². The molecule has 0 radical (unpaired) electrons. The van der Waals surface area contributed by atoms with Crippen LogP contribution in [-0.4, -0.2) is 48.6 Å². The van der Waals surface area contributed by atoms with Crippen molar-refractivity contribution in [3.63, 3.8) is 0 Å². The van der Waals surface area contributed by atoms with Gasteiger partial charge in [-0.15, -0.1) is 10.2 Å². The van der Waals surface area contributed by atoms with Gasteiger partial charge in [-0.3, -0.25) is 9.36 Å². The maximum absolute atomic E-state index is 14.1. The molecule has 0 unspecified atom stereocenters. The van der Waals surface area contributed by atoms with E-state index in [9.17, 15) is 13.6 Å². The molecule has 3 heterocycles. The standard InChI is InChI=1S/C16H14F2N6O/c17-10-4-3-5-12(13(10)18)24-9-20-22-15(24)11-8-19-14(21-11)16(25)23-6-1-2-7-23/h3-5,8-9H,1-2,6-7H2,(H,19,21). The minimum absolute atomic E-state index is 0.0320. The molecule has 1 aliphatic rings. The van der Waals surface area contributed by atoms with E-state index in [1.807, 2.05) is 0 Å². The number of nitrogens with one attached hydrogen (secondary N) is 1. The molecule has 2 aromatic heterocycles. The maximum Gasteiger partial charge on any atom is 0.289 e. The van der Waals surface area contributed by atoms with Gasteiger partial charge in [0.15, 0.2) is 23.3 Å². The smallest absolute Gasteiger partial charge is 0.289 e. The van der Waals surface area contributed by atoms with E-state index in [1.54, 1.807) is 4.90 Å². The Morgan fingerprint density at radius 3 is 2.80 bits per heavy atom. The van der Waals surface area contributed by atoms with Crippen LogP contribution in [0.5, 0.6) is 0 Å². The number of halogens is 2. The molecule has 4 rings (SSSR count). The summed E-state index contributed by atoms with van der Waals surface area (Å²) in [5, 5.41) is 7.67. The molecule has 0 atom stereocenters. The number of aromatic amines is 1. The average molecular weight is 344 g/mol. The lowest BCUT2D eigenvalue weighted by Gasteiger charge is -2.12. The predicted octanol–water partition coefficient (Wildman–Crippen LogP) is 2.17. The number of benzene rings is 1. The van der Waals surface area contributed by atoms with Crippen LogP contribution in [0.1, 0.15) is 23.5 Å². The third kappa shape index (κ3) is 2.67. The molecule has 1 aliphatic heterocycles. The first-order chi connectivity index (χ1) is 12.1. The van der Waals surface area contributed by atoms with Gasteiger partial charge in [-0.05, 0) is 25.0 Å². The first kappa shape index (κ1) is 15.4. The molecule has 0 saturated carbocycles. The van der Waals surface area contributed by atoms with Crippen LogP contribution in [0.2, 0.25) is 0 Å². The zero-order valence-electron chi connectivity index (χ0n) is 13.1. The summed E-state index contributed by atoms with van der Waals surface area (Å²) in [6.45, 7) is 1.42. The zero-order valence-corrected chi connectivity index (χ0v) is 13.1. The highest BCUT2D eigenvalue weighted by Gasteiger charge is 2.23. The monoisotopic (exact) mass is 344 g/mol. The number of H-pyrrole nitrogens is 1. The second-order valence-corrected chi connectivity index (χ2v) is 5.73. The lowest BCUT2D eigenvalue weighted by Crippen LogP contribution is -2.28. The van der Waals surface area contributed by atoms with Crippen molar-refractivity contribution in [1.82, 2.24) is 29.6 Å². The Kier molecular flexibility index (Phi) is 3.75. The molecule has 7 nitrogen and oxygen atoms in total.